The van der Waals surface area contributed by atoms with E-state index in [0.717, 1.165) is 50.7 Å². The predicted octanol–water partition coefficient (Wildman–Crippen LogP) is 2.87. The number of aliphatic imine (C=N–C) groups is 1. The van der Waals surface area contributed by atoms with Gasteiger partial charge in [-0.3, -0.25) is 9.67 Å². The van der Waals surface area contributed by atoms with Crippen LogP contribution in [0.25, 0.3) is 0 Å². The number of ether oxygens (including phenoxy) is 1. The number of nitrogens with zero attached hydrogens (tertiary/aromatic N) is 3. The summed E-state index contributed by atoms with van der Waals surface area (Å²) in [6.07, 6.45) is 8.93. The highest BCUT2D eigenvalue weighted by atomic mass is 16.5. The number of aromatic nitrogens is 2. The lowest BCUT2D eigenvalue weighted by Gasteiger charge is -2.21. The Morgan fingerprint density at radius 1 is 1.23 bits per heavy atom. The summed E-state index contributed by atoms with van der Waals surface area (Å²) in [5, 5.41) is 11.2. The fourth-order valence-electron chi connectivity index (χ4n) is 3.56. The first-order chi connectivity index (χ1) is 12.6. The van der Waals surface area contributed by atoms with Gasteiger partial charge in [-0.2, -0.15) is 5.10 Å². The van der Waals surface area contributed by atoms with Crippen LogP contribution in [0.5, 0.6) is 0 Å². The number of aryl methyl sites for hydroxylation is 2. The van der Waals surface area contributed by atoms with E-state index in [1.165, 1.54) is 43.4 Å². The summed E-state index contributed by atoms with van der Waals surface area (Å²) >= 11 is 0. The molecule has 0 amide bonds. The molecule has 1 aromatic heterocycles. The van der Waals surface area contributed by atoms with Gasteiger partial charge in [-0.25, -0.2) is 0 Å². The lowest BCUT2D eigenvalue weighted by molar-refractivity contribution is 0.0281. The van der Waals surface area contributed by atoms with Crippen LogP contribution in [0.1, 0.15) is 62.4 Å². The molecule has 0 bridgehead atoms. The minimum absolute atomic E-state index is 0.491. The van der Waals surface area contributed by atoms with Crippen LogP contribution in [0, 0.1) is 13.8 Å². The van der Waals surface area contributed by atoms with E-state index < -0.39 is 0 Å². The highest BCUT2D eigenvalue weighted by molar-refractivity contribution is 5.79. The monoisotopic (exact) mass is 363 g/mol. The number of guanidine groups is 1. The molecule has 26 heavy (non-hydrogen) atoms. The van der Waals surface area contributed by atoms with E-state index in [0.29, 0.717) is 6.10 Å². The number of nitrogens with one attached hydrogen (secondary N) is 2. The van der Waals surface area contributed by atoms with Crippen molar-refractivity contribution in [1.82, 2.24) is 20.4 Å². The Bertz CT molecular complexity index is 561. The zero-order valence-corrected chi connectivity index (χ0v) is 17.1. The highest BCUT2D eigenvalue weighted by Crippen LogP contribution is 2.20. The maximum atomic E-state index is 5.97. The maximum Gasteiger partial charge on any atom is 0.191 e. The summed E-state index contributed by atoms with van der Waals surface area (Å²) in [6.45, 7) is 9.65. The third kappa shape index (κ3) is 6.63. The van der Waals surface area contributed by atoms with Crippen LogP contribution in [0.2, 0.25) is 0 Å². The lowest BCUT2D eigenvalue weighted by atomic mass is 9.98. The molecule has 2 rings (SSSR count). The van der Waals surface area contributed by atoms with Crippen molar-refractivity contribution in [1.29, 1.82) is 0 Å². The van der Waals surface area contributed by atoms with E-state index in [2.05, 4.69) is 41.5 Å². The topological polar surface area (TPSA) is 63.5 Å². The van der Waals surface area contributed by atoms with E-state index in [4.69, 9.17) is 4.74 Å². The average molecular weight is 364 g/mol. The minimum Gasteiger partial charge on any atom is -0.378 e. The van der Waals surface area contributed by atoms with Crippen LogP contribution in [-0.4, -0.2) is 48.1 Å². The smallest absolute Gasteiger partial charge is 0.191 e. The zero-order chi connectivity index (χ0) is 18.8. The summed E-state index contributed by atoms with van der Waals surface area (Å²) in [5.74, 6) is 0.893. The molecule has 6 heteroatoms. The van der Waals surface area contributed by atoms with Crippen molar-refractivity contribution in [2.75, 3.05) is 26.2 Å². The molecule has 0 saturated heterocycles. The first kappa shape index (κ1) is 20.7. The van der Waals surface area contributed by atoms with Crippen LogP contribution in [-0.2, 0) is 18.2 Å². The Hall–Kier alpha value is -1.56. The van der Waals surface area contributed by atoms with Gasteiger partial charge in [0.1, 0.15) is 0 Å². The van der Waals surface area contributed by atoms with E-state index >= 15 is 0 Å². The van der Waals surface area contributed by atoms with Crippen molar-refractivity contribution in [3.8, 4) is 0 Å². The fraction of sp³-hybridized carbons (Fsp3) is 0.800. The number of hydrogen-bond acceptors (Lipinski definition) is 3. The van der Waals surface area contributed by atoms with Gasteiger partial charge in [0.05, 0.1) is 11.8 Å². The largest absolute Gasteiger partial charge is 0.378 e. The summed E-state index contributed by atoms with van der Waals surface area (Å²) < 4.78 is 7.93. The molecule has 0 atom stereocenters. The van der Waals surface area contributed by atoms with E-state index in [1.54, 1.807) is 0 Å². The van der Waals surface area contributed by atoms with Gasteiger partial charge in [-0.05, 0) is 52.0 Å². The second kappa shape index (κ2) is 11.2. The normalized spacial score (nSPS) is 16.1. The van der Waals surface area contributed by atoms with Gasteiger partial charge >= 0.3 is 0 Å². The van der Waals surface area contributed by atoms with Gasteiger partial charge in [0.15, 0.2) is 5.96 Å². The molecular formula is C20H37N5O. The molecule has 1 aliphatic carbocycles. The Balaban J connectivity index is 1.68. The Labute approximate surface area is 158 Å². The number of hydrogen-bond donors (Lipinski definition) is 2. The van der Waals surface area contributed by atoms with Gasteiger partial charge in [-0.1, -0.05) is 19.3 Å². The maximum absolute atomic E-state index is 5.97. The second-order valence-electron chi connectivity index (χ2n) is 7.19. The van der Waals surface area contributed by atoms with Crippen LogP contribution < -0.4 is 10.6 Å². The Morgan fingerprint density at radius 2 is 2.00 bits per heavy atom. The average Bonchev–Trinajstić information content (AvgIpc) is 2.88. The quantitative estimate of drug-likeness (QED) is 0.402. The standard InChI is InChI=1S/C20H37N5O/c1-5-21-20(22-13-9-15-26-18-10-7-6-8-11-18)23-14-12-19-16(2)24-25(4)17(19)3/h18H,5-15H2,1-4H3,(H2,21,22,23). The minimum atomic E-state index is 0.491. The molecular weight excluding hydrogens is 326 g/mol. The summed E-state index contributed by atoms with van der Waals surface area (Å²) in [6, 6.07) is 0. The molecule has 1 aromatic rings. The lowest BCUT2D eigenvalue weighted by Crippen LogP contribution is -2.38. The summed E-state index contributed by atoms with van der Waals surface area (Å²) in [5.41, 5.74) is 3.69. The Morgan fingerprint density at radius 3 is 2.65 bits per heavy atom. The molecule has 2 N–H and O–H groups in total. The fourth-order valence-corrected chi connectivity index (χ4v) is 3.56. The molecule has 1 aliphatic rings. The van der Waals surface area contributed by atoms with Crippen molar-refractivity contribution in [2.24, 2.45) is 12.0 Å². The van der Waals surface area contributed by atoms with E-state index in [-0.39, 0.29) is 0 Å². The molecule has 0 unspecified atom stereocenters. The molecule has 0 radical (unpaired) electrons. The van der Waals surface area contributed by atoms with Crippen molar-refractivity contribution in [3.63, 3.8) is 0 Å². The second-order valence-corrected chi connectivity index (χ2v) is 7.19. The molecule has 1 fully saturated rings. The SMILES string of the molecule is CCNC(=NCCCOC1CCCCC1)NCCc1c(C)nn(C)c1C. The van der Waals surface area contributed by atoms with Crippen molar-refractivity contribution >= 4 is 5.96 Å². The van der Waals surface area contributed by atoms with Crippen LogP contribution in [0.15, 0.2) is 4.99 Å². The number of rotatable bonds is 9. The first-order valence-corrected chi connectivity index (χ1v) is 10.2. The molecule has 0 aliphatic heterocycles. The molecule has 0 spiro atoms. The third-order valence-electron chi connectivity index (χ3n) is 5.15. The van der Waals surface area contributed by atoms with Gasteiger partial charge in [0, 0.05) is 39.0 Å². The summed E-state index contributed by atoms with van der Waals surface area (Å²) in [7, 11) is 2.00. The van der Waals surface area contributed by atoms with Gasteiger partial charge in [0.25, 0.3) is 0 Å². The molecule has 1 heterocycles. The first-order valence-electron chi connectivity index (χ1n) is 10.2. The zero-order valence-electron chi connectivity index (χ0n) is 17.1. The molecule has 1 saturated carbocycles. The Kier molecular flexibility index (Phi) is 8.95. The van der Waals surface area contributed by atoms with Gasteiger partial charge in [-0.15, -0.1) is 0 Å². The van der Waals surface area contributed by atoms with Crippen LogP contribution >= 0.6 is 0 Å². The third-order valence-corrected chi connectivity index (χ3v) is 5.15. The molecule has 6 nitrogen and oxygen atoms in total. The van der Waals surface area contributed by atoms with Gasteiger partial charge in [0.2, 0.25) is 0 Å². The van der Waals surface area contributed by atoms with Crippen molar-refractivity contribution in [3.05, 3.63) is 17.0 Å². The van der Waals surface area contributed by atoms with Crippen molar-refractivity contribution < 1.29 is 4.74 Å². The highest BCUT2D eigenvalue weighted by Gasteiger charge is 2.13. The van der Waals surface area contributed by atoms with E-state index in [9.17, 15) is 0 Å². The van der Waals surface area contributed by atoms with Crippen molar-refractivity contribution in [2.45, 2.75) is 71.8 Å². The summed E-state index contributed by atoms with van der Waals surface area (Å²) in [4.78, 5) is 4.67. The van der Waals surface area contributed by atoms with E-state index in [1.807, 2.05) is 11.7 Å². The molecule has 0 aromatic carbocycles. The molecule has 148 valence electrons. The predicted molar refractivity (Wildman–Crippen MR) is 108 cm³/mol. The van der Waals surface area contributed by atoms with Gasteiger partial charge < -0.3 is 15.4 Å². The van der Waals surface area contributed by atoms with Crippen LogP contribution in [0.3, 0.4) is 0 Å². The van der Waals surface area contributed by atoms with Crippen LogP contribution in [0.4, 0.5) is 0 Å².